The van der Waals surface area contributed by atoms with Gasteiger partial charge in [0.15, 0.2) is 17.5 Å². The average Bonchev–Trinajstić information content (AvgIpc) is 3.66. The number of fused-ring (bicyclic) bond motifs is 3. The molecule has 1 aliphatic rings. The summed E-state index contributed by atoms with van der Waals surface area (Å²) in [4.78, 5) is 15.1. The molecule has 0 aliphatic heterocycles. The van der Waals surface area contributed by atoms with Crippen LogP contribution in [0.1, 0.15) is 29.0 Å². The fourth-order valence-corrected chi connectivity index (χ4v) is 8.95. The highest BCUT2D eigenvalue weighted by Gasteiger charge is 2.23. The minimum Gasteiger partial charge on any atom is -0.208 e. The Balaban J connectivity index is 1.14. The van der Waals surface area contributed by atoms with E-state index in [9.17, 15) is 0 Å². The van der Waals surface area contributed by atoms with E-state index in [1.54, 1.807) is 0 Å². The maximum atomic E-state index is 5.07. The SMILES string of the molecule is C1=C(c2ccccc2)C=C(c2ccccc2)CC1c1cc(-c2cccc(-c3nc(-c4ccccc4)nc(-c4ccccc4)n3)c2)c2c(c1)sc1ccccc12. The lowest BCUT2D eigenvalue weighted by molar-refractivity contribution is 0.873. The van der Waals surface area contributed by atoms with Crippen LogP contribution in [0, 0.1) is 0 Å². The zero-order valence-corrected chi connectivity index (χ0v) is 30.8. The Morgan fingerprint density at radius 3 is 1.62 bits per heavy atom. The van der Waals surface area contributed by atoms with Gasteiger partial charge in [-0.25, -0.2) is 15.0 Å². The third-order valence-electron chi connectivity index (χ3n) is 10.5. The van der Waals surface area contributed by atoms with Crippen molar-refractivity contribution in [2.24, 2.45) is 0 Å². The Morgan fingerprint density at radius 1 is 0.436 bits per heavy atom. The summed E-state index contributed by atoms with van der Waals surface area (Å²) in [6.07, 6.45) is 5.77. The van der Waals surface area contributed by atoms with Gasteiger partial charge in [0.05, 0.1) is 0 Å². The monoisotopic (exact) mass is 721 g/mol. The van der Waals surface area contributed by atoms with Crippen molar-refractivity contribution in [3.05, 3.63) is 211 Å². The van der Waals surface area contributed by atoms with Crippen molar-refractivity contribution in [3.8, 4) is 45.3 Å². The number of nitrogens with zero attached hydrogens (tertiary/aromatic N) is 3. The van der Waals surface area contributed by atoms with Crippen molar-refractivity contribution in [2.45, 2.75) is 12.3 Å². The summed E-state index contributed by atoms with van der Waals surface area (Å²) in [5.74, 6) is 2.15. The van der Waals surface area contributed by atoms with E-state index in [-0.39, 0.29) is 5.92 Å². The van der Waals surface area contributed by atoms with Crippen molar-refractivity contribution >= 4 is 42.7 Å². The zero-order chi connectivity index (χ0) is 36.6. The van der Waals surface area contributed by atoms with Crippen LogP contribution in [0.25, 0.3) is 76.6 Å². The summed E-state index contributed by atoms with van der Waals surface area (Å²) < 4.78 is 2.58. The highest BCUT2D eigenvalue weighted by Crippen LogP contribution is 2.46. The molecule has 3 nitrogen and oxygen atoms in total. The molecule has 9 aromatic rings. The second kappa shape index (κ2) is 14.2. The molecule has 0 radical (unpaired) electrons. The molecule has 0 amide bonds. The van der Waals surface area contributed by atoms with E-state index in [4.69, 9.17) is 15.0 Å². The molecule has 0 saturated carbocycles. The number of thiophene rings is 1. The number of allylic oxidation sites excluding steroid dienone is 4. The summed E-state index contributed by atoms with van der Waals surface area (Å²) in [5.41, 5.74) is 11.6. The predicted octanol–water partition coefficient (Wildman–Crippen LogP) is 13.6. The lowest BCUT2D eigenvalue weighted by Gasteiger charge is -2.24. The molecule has 2 aromatic heterocycles. The quantitative estimate of drug-likeness (QED) is 0.164. The highest BCUT2D eigenvalue weighted by atomic mass is 32.1. The Labute approximate surface area is 324 Å². The standard InChI is InChI=1S/C51H35N3S/c1-5-16-34(17-6-1)40-29-41(35-18-7-2-8-19-35)31-42(30-40)43-32-45(48-44-26-13-14-27-46(44)55-47(48)33-43)38-24-15-25-39(28-38)51-53-49(36-20-9-3-10-21-36)52-50(54-51)37-22-11-4-12-23-37/h1-30,32-33,42H,31H2. The molecule has 2 heterocycles. The fraction of sp³-hybridized carbons (Fsp3) is 0.0392. The molecule has 0 saturated heterocycles. The van der Waals surface area contributed by atoms with Crippen molar-refractivity contribution < 1.29 is 0 Å². The van der Waals surface area contributed by atoms with Crippen LogP contribution < -0.4 is 0 Å². The van der Waals surface area contributed by atoms with Gasteiger partial charge in [-0.1, -0.05) is 170 Å². The minimum atomic E-state index is 0.192. The van der Waals surface area contributed by atoms with Gasteiger partial charge in [-0.15, -0.1) is 11.3 Å². The molecule has 7 aromatic carbocycles. The molecular formula is C51H35N3S. The van der Waals surface area contributed by atoms with E-state index in [1.807, 2.05) is 47.7 Å². The predicted molar refractivity (Wildman–Crippen MR) is 231 cm³/mol. The normalized spacial score (nSPS) is 14.1. The smallest absolute Gasteiger partial charge is 0.164 e. The van der Waals surface area contributed by atoms with Gasteiger partial charge in [0.1, 0.15) is 0 Å². The molecular weight excluding hydrogens is 687 g/mol. The first-order valence-corrected chi connectivity index (χ1v) is 19.5. The van der Waals surface area contributed by atoms with Gasteiger partial charge in [0.25, 0.3) is 0 Å². The van der Waals surface area contributed by atoms with E-state index in [1.165, 1.54) is 53.6 Å². The van der Waals surface area contributed by atoms with Gasteiger partial charge >= 0.3 is 0 Å². The van der Waals surface area contributed by atoms with Crippen molar-refractivity contribution in [1.29, 1.82) is 0 Å². The zero-order valence-electron chi connectivity index (χ0n) is 30.0. The number of benzene rings is 7. The first kappa shape index (κ1) is 32.9. The molecule has 10 rings (SSSR count). The van der Waals surface area contributed by atoms with Gasteiger partial charge in [-0.2, -0.15) is 0 Å². The summed E-state index contributed by atoms with van der Waals surface area (Å²) in [7, 11) is 0. The van der Waals surface area contributed by atoms with Gasteiger partial charge in [-0.3, -0.25) is 0 Å². The summed E-state index contributed by atoms with van der Waals surface area (Å²) in [6, 6.07) is 64.3. The molecule has 0 spiro atoms. The van der Waals surface area contributed by atoms with Gasteiger partial charge < -0.3 is 0 Å². The van der Waals surface area contributed by atoms with E-state index >= 15 is 0 Å². The lowest BCUT2D eigenvalue weighted by Crippen LogP contribution is -2.04. The number of hydrogen-bond acceptors (Lipinski definition) is 4. The van der Waals surface area contributed by atoms with E-state index < -0.39 is 0 Å². The third kappa shape index (κ3) is 6.47. The van der Waals surface area contributed by atoms with E-state index in [2.05, 4.69) is 158 Å². The van der Waals surface area contributed by atoms with Crippen LogP contribution in [0.15, 0.2) is 194 Å². The van der Waals surface area contributed by atoms with Crippen LogP contribution >= 0.6 is 11.3 Å². The topological polar surface area (TPSA) is 38.7 Å². The maximum Gasteiger partial charge on any atom is 0.164 e. The van der Waals surface area contributed by atoms with Crippen LogP contribution in [-0.2, 0) is 0 Å². The summed E-state index contributed by atoms with van der Waals surface area (Å²) in [5, 5.41) is 2.57. The van der Waals surface area contributed by atoms with Crippen molar-refractivity contribution in [3.63, 3.8) is 0 Å². The molecule has 0 fully saturated rings. The fourth-order valence-electron chi connectivity index (χ4n) is 7.77. The molecule has 260 valence electrons. The van der Waals surface area contributed by atoms with Crippen LogP contribution in [0.4, 0.5) is 0 Å². The Hall–Kier alpha value is -6.75. The van der Waals surface area contributed by atoms with Crippen LogP contribution in [0.5, 0.6) is 0 Å². The van der Waals surface area contributed by atoms with E-state index in [0.29, 0.717) is 17.5 Å². The second-order valence-electron chi connectivity index (χ2n) is 14.0. The van der Waals surface area contributed by atoms with Gasteiger partial charge in [0, 0.05) is 42.8 Å². The molecule has 1 unspecified atom stereocenters. The Bertz CT molecular complexity index is 2820. The van der Waals surface area contributed by atoms with Crippen LogP contribution in [0.3, 0.4) is 0 Å². The highest BCUT2D eigenvalue weighted by molar-refractivity contribution is 7.26. The summed E-state index contributed by atoms with van der Waals surface area (Å²) in [6.45, 7) is 0. The number of hydrogen-bond donors (Lipinski definition) is 0. The molecule has 1 atom stereocenters. The van der Waals surface area contributed by atoms with Crippen LogP contribution in [0.2, 0.25) is 0 Å². The van der Waals surface area contributed by atoms with Gasteiger partial charge in [-0.05, 0) is 69.6 Å². The second-order valence-corrected chi connectivity index (χ2v) is 15.1. The lowest BCUT2D eigenvalue weighted by atomic mass is 9.80. The van der Waals surface area contributed by atoms with Crippen LogP contribution in [-0.4, -0.2) is 15.0 Å². The van der Waals surface area contributed by atoms with Gasteiger partial charge in [0.2, 0.25) is 0 Å². The summed E-state index contributed by atoms with van der Waals surface area (Å²) >= 11 is 1.87. The van der Waals surface area contributed by atoms with Crippen molar-refractivity contribution in [2.75, 3.05) is 0 Å². The molecule has 55 heavy (non-hydrogen) atoms. The molecule has 0 N–H and O–H groups in total. The van der Waals surface area contributed by atoms with Crippen molar-refractivity contribution in [1.82, 2.24) is 15.0 Å². The maximum absolute atomic E-state index is 5.07. The van der Waals surface area contributed by atoms with E-state index in [0.717, 1.165) is 28.7 Å². The Kier molecular flexibility index (Phi) is 8.51. The molecule has 1 aliphatic carbocycles. The average molecular weight is 722 g/mol. The Morgan fingerprint density at radius 2 is 0.964 bits per heavy atom. The third-order valence-corrected chi connectivity index (χ3v) is 11.6. The largest absolute Gasteiger partial charge is 0.208 e. The molecule has 4 heteroatoms. The minimum absolute atomic E-state index is 0.192. The first-order chi connectivity index (χ1) is 27.2. The molecule has 0 bridgehead atoms. The number of aromatic nitrogens is 3. The first-order valence-electron chi connectivity index (χ1n) is 18.7. The number of rotatable bonds is 7.